The van der Waals surface area contributed by atoms with Crippen LogP contribution in [0.3, 0.4) is 0 Å². The highest BCUT2D eigenvalue weighted by molar-refractivity contribution is 14.1. The number of halogens is 4. The summed E-state index contributed by atoms with van der Waals surface area (Å²) in [5, 5.41) is 12.5. The molecule has 0 aromatic heterocycles. The Morgan fingerprint density at radius 2 is 2.14 bits per heavy atom. The molecule has 1 fully saturated rings. The van der Waals surface area contributed by atoms with Gasteiger partial charge in [0.1, 0.15) is 5.75 Å². The van der Waals surface area contributed by atoms with Crippen molar-refractivity contribution >= 4 is 102 Å². The summed E-state index contributed by atoms with van der Waals surface area (Å²) in [5.74, 6) is -0.926. The van der Waals surface area contributed by atoms with Crippen molar-refractivity contribution in [3.05, 3.63) is 58.9 Å². The van der Waals surface area contributed by atoms with Gasteiger partial charge in [-0.1, -0.05) is 29.3 Å². The van der Waals surface area contributed by atoms with Crippen molar-refractivity contribution in [2.45, 2.75) is 0 Å². The quantitative estimate of drug-likeness (QED) is 0.327. The third-order valence-corrected chi connectivity index (χ3v) is 6.57. The second-order valence-electron chi connectivity index (χ2n) is 5.55. The van der Waals surface area contributed by atoms with Crippen LogP contribution in [0.25, 0.3) is 6.08 Å². The maximum atomic E-state index is 12.3. The zero-order valence-electron chi connectivity index (χ0n) is 14.2. The Bertz CT molecular complexity index is 1050. The Balaban J connectivity index is 1.84. The zero-order chi connectivity index (χ0) is 21.1. The number of hydrogen-bond acceptors (Lipinski definition) is 5. The molecule has 0 bridgehead atoms. The molecule has 6 nitrogen and oxygen atoms in total. The Morgan fingerprint density at radius 1 is 1.38 bits per heavy atom. The lowest BCUT2D eigenvalue weighted by atomic mass is 10.2. The van der Waals surface area contributed by atoms with Crippen molar-refractivity contribution in [3.63, 3.8) is 0 Å². The minimum atomic E-state index is -1.07. The number of carboxylic acids is 1. The summed E-state index contributed by atoms with van der Waals surface area (Å²) in [6.45, 7) is -0.445. The van der Waals surface area contributed by atoms with Gasteiger partial charge in [-0.05, 0) is 86.2 Å². The first-order valence-electron chi connectivity index (χ1n) is 7.82. The molecule has 1 saturated heterocycles. The summed E-state index contributed by atoms with van der Waals surface area (Å²) >= 11 is 18.7. The standard InChI is InChI=1S/C18H10BrCl2IN2O4S/c19-9-4-8(5-11(22)16(9)28-7-14(25)26)6-13-17(27)24-18(29-13)23-12-3-1-2-10(20)15(12)21/h1-6H,7H2,(H,25,26)(H,23,24,27)/b13-6+. The second-order valence-corrected chi connectivity index (χ2v) is 9.38. The molecule has 2 N–H and O–H groups in total. The molecule has 29 heavy (non-hydrogen) atoms. The van der Waals surface area contributed by atoms with E-state index in [4.69, 9.17) is 33.0 Å². The van der Waals surface area contributed by atoms with Crippen molar-refractivity contribution in [1.82, 2.24) is 5.32 Å². The van der Waals surface area contributed by atoms with E-state index in [2.05, 4.69) is 26.2 Å². The predicted molar refractivity (Wildman–Crippen MR) is 127 cm³/mol. The van der Waals surface area contributed by atoms with Gasteiger partial charge in [0.05, 0.1) is 28.7 Å². The molecule has 0 radical (unpaired) electrons. The number of aliphatic imine (C=N–C) groups is 1. The minimum absolute atomic E-state index is 0.288. The number of ether oxygens (including phenoxy) is 1. The Labute approximate surface area is 202 Å². The number of amidine groups is 1. The van der Waals surface area contributed by atoms with Crippen LogP contribution in [0, 0.1) is 3.57 Å². The summed E-state index contributed by atoms with van der Waals surface area (Å²) in [6.07, 6.45) is 1.70. The smallest absolute Gasteiger partial charge is 0.341 e. The van der Waals surface area contributed by atoms with Crippen LogP contribution < -0.4 is 10.1 Å². The molecule has 1 amide bonds. The Hall–Kier alpha value is -1.27. The van der Waals surface area contributed by atoms with Crippen molar-refractivity contribution in [2.75, 3.05) is 6.61 Å². The van der Waals surface area contributed by atoms with E-state index in [9.17, 15) is 9.59 Å². The molecule has 0 saturated carbocycles. The number of nitrogens with one attached hydrogen (secondary N) is 1. The molecule has 0 aliphatic carbocycles. The van der Waals surface area contributed by atoms with Gasteiger partial charge in [-0.15, -0.1) is 0 Å². The molecule has 1 aliphatic heterocycles. The number of amides is 1. The van der Waals surface area contributed by atoms with E-state index in [-0.39, 0.29) is 5.91 Å². The maximum absolute atomic E-state index is 12.3. The number of rotatable bonds is 5. The monoisotopic (exact) mass is 626 g/mol. The largest absolute Gasteiger partial charge is 0.480 e. The van der Waals surface area contributed by atoms with Crippen LogP contribution in [0.4, 0.5) is 5.69 Å². The first-order valence-corrected chi connectivity index (χ1v) is 11.3. The lowest BCUT2D eigenvalue weighted by Crippen LogP contribution is -2.19. The van der Waals surface area contributed by atoms with Crippen molar-refractivity contribution in [1.29, 1.82) is 0 Å². The van der Waals surface area contributed by atoms with Gasteiger partial charge in [-0.2, -0.15) is 0 Å². The topological polar surface area (TPSA) is 88.0 Å². The van der Waals surface area contributed by atoms with Crippen molar-refractivity contribution < 1.29 is 19.4 Å². The number of carbonyl (C=O) groups excluding carboxylic acids is 1. The number of carbonyl (C=O) groups is 2. The number of aliphatic carboxylic acids is 1. The van der Waals surface area contributed by atoms with Gasteiger partial charge < -0.3 is 15.2 Å². The lowest BCUT2D eigenvalue weighted by Gasteiger charge is -2.09. The van der Waals surface area contributed by atoms with Gasteiger partial charge in [0.15, 0.2) is 11.8 Å². The van der Waals surface area contributed by atoms with Crippen LogP contribution >= 0.6 is 73.5 Å². The SMILES string of the molecule is O=C(O)COc1c(Br)cc(/C=C2/SC(=Nc3cccc(Cl)c3Cl)NC2=O)cc1I. The fourth-order valence-electron chi connectivity index (χ4n) is 2.25. The van der Waals surface area contributed by atoms with Crippen LogP contribution in [0.2, 0.25) is 10.0 Å². The third-order valence-electron chi connectivity index (χ3n) is 3.46. The van der Waals surface area contributed by atoms with Gasteiger partial charge in [0, 0.05) is 0 Å². The van der Waals surface area contributed by atoms with Crippen LogP contribution in [-0.4, -0.2) is 28.8 Å². The highest BCUT2D eigenvalue weighted by Gasteiger charge is 2.24. The molecule has 11 heteroatoms. The molecule has 1 heterocycles. The second kappa shape index (κ2) is 9.69. The first kappa shape index (κ1) is 22.4. The van der Waals surface area contributed by atoms with Gasteiger partial charge in [0.2, 0.25) is 0 Å². The number of benzene rings is 2. The summed E-state index contributed by atoms with van der Waals surface area (Å²) < 4.78 is 6.56. The average molecular weight is 628 g/mol. The summed E-state index contributed by atoms with van der Waals surface area (Å²) in [5.41, 5.74) is 1.20. The van der Waals surface area contributed by atoms with Gasteiger partial charge in [-0.25, -0.2) is 9.79 Å². The van der Waals surface area contributed by atoms with Crippen LogP contribution in [-0.2, 0) is 9.59 Å². The van der Waals surface area contributed by atoms with Crippen molar-refractivity contribution in [2.24, 2.45) is 4.99 Å². The van der Waals surface area contributed by atoms with E-state index in [1.807, 2.05) is 22.6 Å². The molecular formula is C18H10BrCl2IN2O4S. The van der Waals surface area contributed by atoms with Gasteiger partial charge >= 0.3 is 5.97 Å². The Morgan fingerprint density at radius 3 is 2.83 bits per heavy atom. The van der Waals surface area contributed by atoms with E-state index in [1.54, 1.807) is 36.4 Å². The molecule has 0 atom stereocenters. The van der Waals surface area contributed by atoms with E-state index < -0.39 is 12.6 Å². The number of thioether (sulfide) groups is 1. The van der Waals surface area contributed by atoms with Crippen LogP contribution in [0.5, 0.6) is 5.75 Å². The molecule has 2 aromatic carbocycles. The molecular weight excluding hydrogens is 618 g/mol. The highest BCUT2D eigenvalue weighted by atomic mass is 127. The number of carboxylic acid groups (broad SMARTS) is 1. The lowest BCUT2D eigenvalue weighted by molar-refractivity contribution is -0.139. The molecule has 0 spiro atoms. The van der Waals surface area contributed by atoms with Gasteiger partial charge in [0.25, 0.3) is 5.91 Å². The predicted octanol–water partition coefficient (Wildman–Crippen LogP) is 5.72. The first-order chi connectivity index (χ1) is 13.7. The summed E-state index contributed by atoms with van der Waals surface area (Å²) in [6, 6.07) is 8.60. The van der Waals surface area contributed by atoms with Gasteiger partial charge in [-0.3, -0.25) is 4.79 Å². The normalized spacial score (nSPS) is 16.3. The van der Waals surface area contributed by atoms with E-state index >= 15 is 0 Å². The highest BCUT2D eigenvalue weighted by Crippen LogP contribution is 2.36. The van der Waals surface area contributed by atoms with E-state index in [0.29, 0.717) is 39.6 Å². The fraction of sp³-hybridized carbons (Fsp3) is 0.0556. The van der Waals surface area contributed by atoms with Crippen LogP contribution in [0.15, 0.2) is 44.7 Å². The summed E-state index contributed by atoms with van der Waals surface area (Å²) in [4.78, 5) is 27.8. The molecule has 2 aromatic rings. The molecule has 1 aliphatic rings. The average Bonchev–Trinajstić information content (AvgIpc) is 2.97. The summed E-state index contributed by atoms with van der Waals surface area (Å²) in [7, 11) is 0. The number of hydrogen-bond donors (Lipinski definition) is 2. The zero-order valence-corrected chi connectivity index (χ0v) is 20.3. The molecule has 150 valence electrons. The number of nitrogens with zero attached hydrogens (tertiary/aromatic N) is 1. The van der Waals surface area contributed by atoms with E-state index in [1.165, 1.54) is 11.8 Å². The fourth-order valence-corrected chi connectivity index (χ4v) is 5.20. The maximum Gasteiger partial charge on any atom is 0.341 e. The van der Waals surface area contributed by atoms with E-state index in [0.717, 1.165) is 5.56 Å². The Kier molecular flexibility index (Phi) is 7.49. The van der Waals surface area contributed by atoms with Crippen molar-refractivity contribution in [3.8, 4) is 5.75 Å². The minimum Gasteiger partial charge on any atom is -0.480 e. The van der Waals surface area contributed by atoms with Crippen LogP contribution in [0.1, 0.15) is 5.56 Å². The molecule has 0 unspecified atom stereocenters. The third kappa shape index (κ3) is 5.66. The molecule has 3 rings (SSSR count).